The van der Waals surface area contributed by atoms with E-state index in [0.717, 1.165) is 12.1 Å². The minimum absolute atomic E-state index is 0.223. The molecule has 3 nitrogen and oxygen atoms in total. The quantitative estimate of drug-likeness (QED) is 0.832. The number of benzene rings is 1. The third-order valence-electron chi connectivity index (χ3n) is 2.17. The van der Waals surface area contributed by atoms with Crippen LogP contribution in [0.3, 0.4) is 0 Å². The first-order chi connectivity index (χ1) is 7.97. The Morgan fingerprint density at radius 3 is 2.35 bits per heavy atom. The van der Waals surface area contributed by atoms with Crippen molar-refractivity contribution in [2.45, 2.75) is 6.18 Å². The normalized spacial score (nSPS) is 11.5. The lowest BCUT2D eigenvalue weighted by atomic mass is 10.1. The van der Waals surface area contributed by atoms with Crippen molar-refractivity contribution in [1.82, 2.24) is 10.2 Å². The van der Waals surface area contributed by atoms with Gasteiger partial charge in [0.1, 0.15) is 5.82 Å². The maximum atomic E-state index is 12.5. The summed E-state index contributed by atoms with van der Waals surface area (Å²) in [7, 11) is 0. The second-order valence-corrected chi connectivity index (χ2v) is 3.42. The molecule has 17 heavy (non-hydrogen) atoms. The van der Waals surface area contributed by atoms with E-state index in [9.17, 15) is 13.2 Å². The monoisotopic (exact) mass is 239 g/mol. The molecule has 0 saturated heterocycles. The average Bonchev–Trinajstić information content (AvgIpc) is 2.29. The van der Waals surface area contributed by atoms with Crippen LogP contribution in [0.25, 0.3) is 11.3 Å². The van der Waals surface area contributed by atoms with E-state index in [1.807, 2.05) is 0 Å². The van der Waals surface area contributed by atoms with E-state index in [2.05, 4.69) is 10.2 Å². The number of hydrogen-bond acceptors (Lipinski definition) is 3. The van der Waals surface area contributed by atoms with Gasteiger partial charge in [0.2, 0.25) is 0 Å². The fourth-order valence-corrected chi connectivity index (χ4v) is 1.35. The molecular weight excluding hydrogens is 231 g/mol. The van der Waals surface area contributed by atoms with Crippen LogP contribution in [-0.2, 0) is 6.18 Å². The zero-order valence-electron chi connectivity index (χ0n) is 8.57. The molecule has 1 aromatic carbocycles. The molecule has 2 aromatic rings. The Morgan fingerprint density at radius 1 is 1.00 bits per heavy atom. The van der Waals surface area contributed by atoms with Crippen LogP contribution in [0.5, 0.6) is 0 Å². The summed E-state index contributed by atoms with van der Waals surface area (Å²) in [6.07, 6.45) is -4.36. The Morgan fingerprint density at radius 2 is 1.76 bits per heavy atom. The average molecular weight is 239 g/mol. The zero-order valence-corrected chi connectivity index (χ0v) is 8.57. The molecule has 0 atom stereocenters. The number of nitrogen functional groups attached to an aromatic ring is 1. The maximum absolute atomic E-state index is 12.5. The molecule has 1 heterocycles. The second-order valence-electron chi connectivity index (χ2n) is 3.42. The van der Waals surface area contributed by atoms with Crippen molar-refractivity contribution in [2.24, 2.45) is 0 Å². The molecule has 0 aliphatic rings. The molecule has 0 amide bonds. The first kappa shape index (κ1) is 11.4. The lowest BCUT2D eigenvalue weighted by molar-refractivity contribution is -0.137. The van der Waals surface area contributed by atoms with Crippen molar-refractivity contribution in [3.63, 3.8) is 0 Å². The minimum Gasteiger partial charge on any atom is -0.382 e. The number of halogens is 3. The van der Waals surface area contributed by atoms with Crippen LogP contribution in [0.2, 0.25) is 0 Å². The molecular formula is C11H8F3N3. The van der Waals surface area contributed by atoms with E-state index in [-0.39, 0.29) is 5.82 Å². The lowest BCUT2D eigenvalue weighted by Gasteiger charge is -2.08. The van der Waals surface area contributed by atoms with Crippen molar-refractivity contribution in [2.75, 3.05) is 5.73 Å². The summed E-state index contributed by atoms with van der Waals surface area (Å²) in [6, 6.07) is 7.92. The SMILES string of the molecule is Nc1ccc(-c2cccc(C(F)(F)F)c2)nn1. The third-order valence-corrected chi connectivity index (χ3v) is 2.17. The largest absolute Gasteiger partial charge is 0.416 e. The summed E-state index contributed by atoms with van der Waals surface area (Å²) < 4.78 is 37.5. The molecule has 0 aliphatic heterocycles. The molecule has 6 heteroatoms. The Balaban J connectivity index is 2.43. The Bertz CT molecular complexity index is 520. The van der Waals surface area contributed by atoms with E-state index in [1.165, 1.54) is 24.3 Å². The van der Waals surface area contributed by atoms with E-state index in [1.54, 1.807) is 0 Å². The predicted octanol–water partition coefficient (Wildman–Crippen LogP) is 2.74. The van der Waals surface area contributed by atoms with Gasteiger partial charge in [0.25, 0.3) is 0 Å². The van der Waals surface area contributed by atoms with E-state index in [0.29, 0.717) is 11.3 Å². The van der Waals surface area contributed by atoms with Crippen LogP contribution in [0, 0.1) is 0 Å². The van der Waals surface area contributed by atoms with Crippen LogP contribution in [0.4, 0.5) is 19.0 Å². The predicted molar refractivity (Wildman–Crippen MR) is 56.9 cm³/mol. The second kappa shape index (κ2) is 4.04. The Hall–Kier alpha value is -2.11. The molecule has 0 unspecified atom stereocenters. The Kier molecular flexibility index (Phi) is 2.71. The number of nitrogens with zero attached hydrogens (tertiary/aromatic N) is 2. The summed E-state index contributed by atoms with van der Waals surface area (Å²) in [5.74, 6) is 0.223. The van der Waals surface area contributed by atoms with Crippen LogP contribution >= 0.6 is 0 Å². The molecule has 2 rings (SSSR count). The first-order valence-corrected chi connectivity index (χ1v) is 4.73. The van der Waals surface area contributed by atoms with Gasteiger partial charge in [-0.1, -0.05) is 12.1 Å². The van der Waals surface area contributed by atoms with Crippen LogP contribution < -0.4 is 5.73 Å². The summed E-state index contributed by atoms with van der Waals surface area (Å²) in [4.78, 5) is 0. The van der Waals surface area contributed by atoms with Crippen LogP contribution in [0.1, 0.15) is 5.56 Å². The number of hydrogen-bond donors (Lipinski definition) is 1. The van der Waals surface area contributed by atoms with Gasteiger partial charge < -0.3 is 5.73 Å². The van der Waals surface area contributed by atoms with Gasteiger partial charge in [-0.2, -0.15) is 13.2 Å². The van der Waals surface area contributed by atoms with Gasteiger partial charge >= 0.3 is 6.18 Å². The van der Waals surface area contributed by atoms with Crippen LogP contribution in [-0.4, -0.2) is 10.2 Å². The minimum atomic E-state index is -4.36. The van der Waals surface area contributed by atoms with Crippen molar-refractivity contribution >= 4 is 5.82 Å². The van der Waals surface area contributed by atoms with Gasteiger partial charge in [-0.05, 0) is 24.3 Å². The number of anilines is 1. The highest BCUT2D eigenvalue weighted by Gasteiger charge is 2.30. The zero-order chi connectivity index (χ0) is 12.5. The molecule has 0 saturated carbocycles. The van der Waals surface area contributed by atoms with Gasteiger partial charge in [-0.15, -0.1) is 10.2 Å². The first-order valence-electron chi connectivity index (χ1n) is 4.73. The standard InChI is InChI=1S/C11H8F3N3/c12-11(13,14)8-3-1-2-7(6-8)9-4-5-10(15)17-16-9/h1-6H,(H2,15,17). The smallest absolute Gasteiger partial charge is 0.382 e. The van der Waals surface area contributed by atoms with Gasteiger partial charge in [-0.3, -0.25) is 0 Å². The highest BCUT2D eigenvalue weighted by atomic mass is 19.4. The molecule has 0 aliphatic carbocycles. The molecule has 0 fully saturated rings. The topological polar surface area (TPSA) is 51.8 Å². The Labute approximate surface area is 95.1 Å². The lowest BCUT2D eigenvalue weighted by Crippen LogP contribution is -2.04. The van der Waals surface area contributed by atoms with Crippen LogP contribution in [0.15, 0.2) is 36.4 Å². The molecule has 88 valence electrons. The van der Waals surface area contributed by atoms with Gasteiger partial charge in [0.15, 0.2) is 0 Å². The maximum Gasteiger partial charge on any atom is 0.416 e. The van der Waals surface area contributed by atoms with E-state index in [4.69, 9.17) is 5.73 Å². The summed E-state index contributed by atoms with van der Waals surface area (Å²) in [6.45, 7) is 0. The third kappa shape index (κ3) is 2.52. The molecule has 0 spiro atoms. The van der Waals surface area contributed by atoms with Crippen molar-refractivity contribution in [3.8, 4) is 11.3 Å². The fourth-order valence-electron chi connectivity index (χ4n) is 1.35. The number of alkyl halides is 3. The van der Waals surface area contributed by atoms with E-state index < -0.39 is 11.7 Å². The molecule has 1 aromatic heterocycles. The molecule has 0 bridgehead atoms. The van der Waals surface area contributed by atoms with Gasteiger partial charge in [-0.25, -0.2) is 0 Å². The summed E-state index contributed by atoms with van der Waals surface area (Å²) in [5, 5.41) is 7.32. The fraction of sp³-hybridized carbons (Fsp3) is 0.0909. The van der Waals surface area contributed by atoms with Crippen molar-refractivity contribution in [3.05, 3.63) is 42.0 Å². The highest BCUT2D eigenvalue weighted by Crippen LogP contribution is 2.31. The molecule has 2 N–H and O–H groups in total. The van der Waals surface area contributed by atoms with Crippen molar-refractivity contribution in [1.29, 1.82) is 0 Å². The number of rotatable bonds is 1. The van der Waals surface area contributed by atoms with Gasteiger partial charge in [0, 0.05) is 5.56 Å². The van der Waals surface area contributed by atoms with Crippen molar-refractivity contribution < 1.29 is 13.2 Å². The number of aromatic nitrogens is 2. The van der Waals surface area contributed by atoms with E-state index >= 15 is 0 Å². The highest BCUT2D eigenvalue weighted by molar-refractivity contribution is 5.60. The number of nitrogens with two attached hydrogens (primary N) is 1. The summed E-state index contributed by atoms with van der Waals surface area (Å²) >= 11 is 0. The summed E-state index contributed by atoms with van der Waals surface area (Å²) in [5.41, 5.74) is 5.34. The molecule has 0 radical (unpaired) electrons. The van der Waals surface area contributed by atoms with Gasteiger partial charge in [0.05, 0.1) is 11.3 Å².